The van der Waals surface area contributed by atoms with Crippen LogP contribution in [0.25, 0.3) is 0 Å². The van der Waals surface area contributed by atoms with Crippen molar-refractivity contribution in [3.63, 3.8) is 0 Å². The van der Waals surface area contributed by atoms with E-state index in [1.54, 1.807) is 11.8 Å². The highest BCUT2D eigenvalue weighted by molar-refractivity contribution is 8.00. The van der Waals surface area contributed by atoms with E-state index in [-0.39, 0.29) is 18.4 Å². The molecule has 0 spiro atoms. The maximum absolute atomic E-state index is 12.1. The third-order valence-electron chi connectivity index (χ3n) is 3.75. The Morgan fingerprint density at radius 1 is 1.13 bits per heavy atom. The van der Waals surface area contributed by atoms with Gasteiger partial charge in [-0.25, -0.2) is 0 Å². The zero-order chi connectivity index (χ0) is 16.5. The molecule has 2 rings (SSSR count). The van der Waals surface area contributed by atoms with Crippen LogP contribution in [-0.2, 0) is 4.79 Å². The Labute approximate surface area is 142 Å². The van der Waals surface area contributed by atoms with Crippen molar-refractivity contribution in [3.05, 3.63) is 65.7 Å². The number of nitrogens with one attached hydrogen (secondary N) is 1. The summed E-state index contributed by atoms with van der Waals surface area (Å²) in [5.41, 5.74) is 2.33. The summed E-state index contributed by atoms with van der Waals surface area (Å²) in [4.78, 5) is 13.2. The fourth-order valence-electron chi connectivity index (χ4n) is 2.42. The fraction of sp³-hybridized carbons (Fsp3) is 0.316. The van der Waals surface area contributed by atoms with Gasteiger partial charge < -0.3 is 10.4 Å². The molecule has 4 heteroatoms. The summed E-state index contributed by atoms with van der Waals surface area (Å²) >= 11 is 1.55. The lowest BCUT2D eigenvalue weighted by molar-refractivity contribution is -0.118. The number of thioether (sulfide) groups is 1. The van der Waals surface area contributed by atoms with Crippen LogP contribution < -0.4 is 5.32 Å². The van der Waals surface area contributed by atoms with Crippen LogP contribution in [0.5, 0.6) is 0 Å². The summed E-state index contributed by atoms with van der Waals surface area (Å²) in [6.07, 6.45) is 0.648. The first-order valence-corrected chi connectivity index (χ1v) is 8.80. The molecule has 2 aromatic carbocycles. The monoisotopic (exact) mass is 329 g/mol. The van der Waals surface area contributed by atoms with Crippen molar-refractivity contribution in [3.8, 4) is 0 Å². The van der Waals surface area contributed by atoms with Crippen LogP contribution in [-0.4, -0.2) is 29.9 Å². The molecule has 0 bridgehead atoms. The molecule has 0 aromatic heterocycles. The van der Waals surface area contributed by atoms with Gasteiger partial charge in [0.25, 0.3) is 0 Å². The van der Waals surface area contributed by atoms with Gasteiger partial charge in [-0.2, -0.15) is 0 Å². The molecule has 122 valence electrons. The number of hydrogen-bond donors (Lipinski definition) is 2. The minimum Gasteiger partial charge on any atom is -0.396 e. The Hall–Kier alpha value is -1.78. The first kappa shape index (κ1) is 17.6. The van der Waals surface area contributed by atoms with E-state index in [9.17, 15) is 9.90 Å². The van der Waals surface area contributed by atoms with Crippen LogP contribution in [0.2, 0.25) is 0 Å². The normalized spacial score (nSPS) is 11.9. The predicted molar refractivity (Wildman–Crippen MR) is 95.8 cm³/mol. The number of carbonyl (C=O) groups excluding carboxylic acids is 1. The maximum atomic E-state index is 12.1. The van der Waals surface area contributed by atoms with Crippen molar-refractivity contribution in [1.29, 1.82) is 0 Å². The first-order valence-electron chi connectivity index (χ1n) is 7.81. The molecule has 2 N–H and O–H groups in total. The highest BCUT2D eigenvalue weighted by Gasteiger charge is 2.12. The SMILES string of the molecule is Cc1ccccc1SCC(=O)NCC(CCO)c1ccccc1. The number of hydrogen-bond acceptors (Lipinski definition) is 3. The van der Waals surface area contributed by atoms with Crippen LogP contribution in [0.1, 0.15) is 23.5 Å². The van der Waals surface area contributed by atoms with E-state index in [2.05, 4.69) is 5.32 Å². The van der Waals surface area contributed by atoms with Crippen molar-refractivity contribution >= 4 is 17.7 Å². The van der Waals surface area contributed by atoms with E-state index >= 15 is 0 Å². The van der Waals surface area contributed by atoms with E-state index in [4.69, 9.17) is 0 Å². The van der Waals surface area contributed by atoms with E-state index in [1.165, 1.54) is 5.56 Å². The zero-order valence-corrected chi connectivity index (χ0v) is 14.2. The van der Waals surface area contributed by atoms with Crippen molar-refractivity contribution in [2.75, 3.05) is 18.9 Å². The second-order valence-corrected chi connectivity index (χ2v) is 6.50. The van der Waals surface area contributed by atoms with Gasteiger partial charge in [-0.1, -0.05) is 48.5 Å². The number of rotatable bonds is 8. The third kappa shape index (κ3) is 5.73. The Balaban J connectivity index is 1.83. The lowest BCUT2D eigenvalue weighted by Gasteiger charge is -2.17. The van der Waals surface area contributed by atoms with Gasteiger partial charge in [0.15, 0.2) is 0 Å². The van der Waals surface area contributed by atoms with Gasteiger partial charge in [-0.15, -0.1) is 11.8 Å². The molecule has 2 aromatic rings. The van der Waals surface area contributed by atoms with Gasteiger partial charge in [0, 0.05) is 24.0 Å². The van der Waals surface area contributed by atoms with Crippen LogP contribution in [0.15, 0.2) is 59.5 Å². The van der Waals surface area contributed by atoms with E-state index in [0.29, 0.717) is 18.7 Å². The molecule has 1 atom stereocenters. The number of aliphatic hydroxyl groups excluding tert-OH is 1. The van der Waals surface area contributed by atoms with Gasteiger partial charge in [0.05, 0.1) is 5.75 Å². The zero-order valence-electron chi connectivity index (χ0n) is 13.4. The lowest BCUT2D eigenvalue weighted by atomic mass is 9.96. The second-order valence-electron chi connectivity index (χ2n) is 5.48. The molecule has 0 saturated carbocycles. The van der Waals surface area contributed by atoms with Crippen LogP contribution in [0, 0.1) is 6.92 Å². The van der Waals surface area contributed by atoms with E-state index in [0.717, 1.165) is 10.5 Å². The topological polar surface area (TPSA) is 49.3 Å². The highest BCUT2D eigenvalue weighted by atomic mass is 32.2. The average Bonchev–Trinajstić information content (AvgIpc) is 2.58. The highest BCUT2D eigenvalue weighted by Crippen LogP contribution is 2.22. The van der Waals surface area contributed by atoms with E-state index in [1.807, 2.05) is 61.5 Å². The average molecular weight is 329 g/mol. The molecule has 1 unspecified atom stereocenters. The molecule has 1 amide bonds. The van der Waals surface area contributed by atoms with Crippen molar-refractivity contribution < 1.29 is 9.90 Å². The number of benzene rings is 2. The predicted octanol–water partition coefficient (Wildman–Crippen LogP) is 3.37. The third-order valence-corrected chi connectivity index (χ3v) is 4.92. The Morgan fingerprint density at radius 2 is 1.83 bits per heavy atom. The Kier molecular flexibility index (Phi) is 7.17. The molecule has 0 saturated heterocycles. The molecular weight excluding hydrogens is 306 g/mol. The molecule has 0 radical (unpaired) electrons. The van der Waals surface area contributed by atoms with Gasteiger partial charge in [0.1, 0.15) is 0 Å². The van der Waals surface area contributed by atoms with Gasteiger partial charge in [0.2, 0.25) is 5.91 Å². The summed E-state index contributed by atoms with van der Waals surface area (Å²) < 4.78 is 0. The fourth-order valence-corrected chi connectivity index (χ4v) is 3.28. The maximum Gasteiger partial charge on any atom is 0.230 e. The molecule has 3 nitrogen and oxygen atoms in total. The molecule has 0 aliphatic rings. The molecule has 23 heavy (non-hydrogen) atoms. The Morgan fingerprint density at radius 3 is 2.52 bits per heavy atom. The summed E-state index contributed by atoms with van der Waals surface area (Å²) in [6, 6.07) is 18.1. The summed E-state index contributed by atoms with van der Waals surface area (Å²) in [5.74, 6) is 0.580. The molecule has 0 aliphatic heterocycles. The number of aryl methyl sites for hydroxylation is 1. The molecule has 0 aliphatic carbocycles. The second kappa shape index (κ2) is 9.38. The number of aliphatic hydroxyl groups is 1. The largest absolute Gasteiger partial charge is 0.396 e. The van der Waals surface area contributed by atoms with Crippen molar-refractivity contribution in [2.45, 2.75) is 24.2 Å². The van der Waals surface area contributed by atoms with Gasteiger partial charge >= 0.3 is 0 Å². The van der Waals surface area contributed by atoms with Crippen LogP contribution in [0.3, 0.4) is 0 Å². The van der Waals surface area contributed by atoms with Crippen LogP contribution in [0.4, 0.5) is 0 Å². The van der Waals surface area contributed by atoms with Gasteiger partial charge in [-0.3, -0.25) is 4.79 Å². The minimum absolute atomic E-state index is 0.0251. The quantitative estimate of drug-likeness (QED) is 0.730. The molecule has 0 fully saturated rings. The summed E-state index contributed by atoms with van der Waals surface area (Å²) in [7, 11) is 0. The Bertz CT molecular complexity index is 616. The summed E-state index contributed by atoms with van der Waals surface area (Å²) in [6.45, 7) is 2.72. The standard InChI is InChI=1S/C19H23NO2S/c1-15-7-5-6-10-18(15)23-14-19(22)20-13-17(11-12-21)16-8-3-2-4-9-16/h2-10,17,21H,11-14H2,1H3,(H,20,22). The van der Waals surface area contributed by atoms with Crippen molar-refractivity contribution in [2.24, 2.45) is 0 Å². The van der Waals surface area contributed by atoms with E-state index < -0.39 is 0 Å². The smallest absolute Gasteiger partial charge is 0.230 e. The summed E-state index contributed by atoms with van der Waals surface area (Å²) in [5, 5.41) is 12.2. The number of carbonyl (C=O) groups is 1. The minimum atomic E-state index is 0.0251. The van der Waals surface area contributed by atoms with Gasteiger partial charge in [-0.05, 0) is 30.5 Å². The molecule has 0 heterocycles. The number of amides is 1. The van der Waals surface area contributed by atoms with Crippen LogP contribution >= 0.6 is 11.8 Å². The first-order chi connectivity index (χ1) is 11.2. The van der Waals surface area contributed by atoms with Crippen molar-refractivity contribution in [1.82, 2.24) is 5.32 Å². The lowest BCUT2D eigenvalue weighted by Crippen LogP contribution is -2.30. The molecular formula is C19H23NO2S.